The zero-order valence-corrected chi connectivity index (χ0v) is 18.6. The molecule has 1 aromatic carbocycles. The van der Waals surface area contributed by atoms with Gasteiger partial charge in [0.1, 0.15) is 5.82 Å². The molecule has 156 valence electrons. The van der Waals surface area contributed by atoms with Crippen molar-refractivity contribution in [3.8, 4) is 0 Å². The Morgan fingerprint density at radius 3 is 2.21 bits per heavy atom. The van der Waals surface area contributed by atoms with Gasteiger partial charge in [-0.15, -0.1) is 0 Å². The predicted molar refractivity (Wildman–Crippen MR) is 121 cm³/mol. The lowest BCUT2D eigenvalue weighted by Gasteiger charge is -2.33. The molecule has 1 aromatic rings. The van der Waals surface area contributed by atoms with Crippen molar-refractivity contribution < 1.29 is 4.79 Å². The lowest BCUT2D eigenvalue weighted by Crippen LogP contribution is -2.39. The molecule has 4 heteroatoms. The number of amides is 1. The van der Waals surface area contributed by atoms with Gasteiger partial charge in [-0.1, -0.05) is 35.4 Å². The molecule has 29 heavy (non-hydrogen) atoms. The number of hydrogen-bond donors (Lipinski definition) is 1. The highest BCUT2D eigenvalue weighted by Gasteiger charge is 2.38. The van der Waals surface area contributed by atoms with E-state index in [1.54, 1.807) is 0 Å². The molecule has 2 fully saturated rings. The van der Waals surface area contributed by atoms with Gasteiger partial charge in [-0.2, -0.15) is 0 Å². The minimum atomic E-state index is 0.0972. The van der Waals surface area contributed by atoms with Crippen LogP contribution in [0.5, 0.6) is 0 Å². The lowest BCUT2D eigenvalue weighted by molar-refractivity contribution is -0.128. The van der Waals surface area contributed by atoms with Crippen LogP contribution in [-0.2, 0) is 4.79 Å². The van der Waals surface area contributed by atoms with E-state index in [9.17, 15) is 4.79 Å². The van der Waals surface area contributed by atoms with E-state index >= 15 is 0 Å². The Hall–Kier alpha value is -2.36. The number of hydrogen-bond acceptors (Lipinski definition) is 3. The number of rotatable bonds is 6. The van der Waals surface area contributed by atoms with Crippen molar-refractivity contribution in [3.05, 3.63) is 57.9 Å². The summed E-state index contributed by atoms with van der Waals surface area (Å²) < 4.78 is 0. The van der Waals surface area contributed by atoms with Gasteiger partial charge in [-0.25, -0.2) is 4.99 Å². The van der Waals surface area contributed by atoms with E-state index in [0.29, 0.717) is 5.92 Å². The number of benzene rings is 1. The summed E-state index contributed by atoms with van der Waals surface area (Å²) in [5, 5.41) is 3.49. The Morgan fingerprint density at radius 1 is 1.14 bits per heavy atom. The predicted octanol–water partition coefficient (Wildman–Crippen LogP) is 5.11. The zero-order valence-electron chi connectivity index (χ0n) is 18.6. The summed E-state index contributed by atoms with van der Waals surface area (Å²) in [5.41, 5.74) is 5.48. The van der Waals surface area contributed by atoms with Crippen LogP contribution in [0.3, 0.4) is 0 Å². The first kappa shape index (κ1) is 21.4. The maximum atomic E-state index is 13.4. The summed E-state index contributed by atoms with van der Waals surface area (Å²) in [5.74, 6) is 1.39. The molecule has 0 unspecified atom stereocenters. The fourth-order valence-electron chi connectivity index (χ4n) is 4.13. The first-order valence-electron chi connectivity index (χ1n) is 10.7. The van der Waals surface area contributed by atoms with Crippen molar-refractivity contribution in [2.24, 2.45) is 4.99 Å². The number of aliphatic imine (C=N–C) groups is 1. The summed E-state index contributed by atoms with van der Waals surface area (Å²) in [4.78, 5) is 19.6. The largest absolute Gasteiger partial charge is 0.365 e. The van der Waals surface area contributed by atoms with Gasteiger partial charge < -0.3 is 10.2 Å². The number of carbonyl (C=O) groups is 1. The van der Waals surface area contributed by atoms with Crippen molar-refractivity contribution in [1.82, 2.24) is 10.2 Å². The first-order valence-corrected chi connectivity index (χ1v) is 10.7. The molecule has 1 aliphatic carbocycles. The van der Waals surface area contributed by atoms with E-state index < -0.39 is 0 Å². The average Bonchev–Trinajstić information content (AvgIpc) is 3.43. The third kappa shape index (κ3) is 4.98. The standard InChI is InChI=1S/C25H35N3O/c1-17(2)22(19(4)23(26-6)27-25(5)13-14-25)24(29)28-15-11-21(12-16-28)20-9-7-18(3)8-10-20/h7-10,21,27H,6,11-16H2,1-5H3/b23-19-. The number of nitrogens with zero attached hydrogens (tertiary/aromatic N) is 2. The Kier molecular flexibility index (Phi) is 6.30. The fraction of sp³-hybridized carbons (Fsp3) is 0.520. The molecule has 0 radical (unpaired) electrons. The number of carbonyl (C=O) groups excluding carboxylic acids is 1. The Balaban J connectivity index is 1.73. The Bertz CT molecular complexity index is 831. The molecule has 1 aliphatic heterocycles. The molecule has 0 atom stereocenters. The number of nitrogens with one attached hydrogen (secondary N) is 1. The molecular weight excluding hydrogens is 358 g/mol. The van der Waals surface area contributed by atoms with E-state index in [0.717, 1.165) is 61.3 Å². The highest BCUT2D eigenvalue weighted by molar-refractivity contribution is 5.98. The topological polar surface area (TPSA) is 44.7 Å². The lowest BCUT2D eigenvalue weighted by atomic mass is 9.88. The van der Waals surface area contributed by atoms with Crippen molar-refractivity contribution in [1.29, 1.82) is 0 Å². The van der Waals surface area contributed by atoms with Crippen molar-refractivity contribution in [3.63, 3.8) is 0 Å². The number of likely N-dealkylation sites (tertiary alicyclic amines) is 1. The molecule has 4 nitrogen and oxygen atoms in total. The number of aryl methyl sites for hydroxylation is 1. The van der Waals surface area contributed by atoms with Gasteiger partial charge in [0.25, 0.3) is 5.91 Å². The summed E-state index contributed by atoms with van der Waals surface area (Å²) in [7, 11) is 0. The van der Waals surface area contributed by atoms with Gasteiger partial charge >= 0.3 is 0 Å². The molecule has 2 aliphatic rings. The maximum absolute atomic E-state index is 13.4. The maximum Gasteiger partial charge on any atom is 0.254 e. The summed E-state index contributed by atoms with van der Waals surface area (Å²) >= 11 is 0. The quantitative estimate of drug-likeness (QED) is 0.415. The normalized spacial score (nSPS) is 19.3. The van der Waals surface area contributed by atoms with Gasteiger partial charge in [-0.05, 0) is 78.5 Å². The van der Waals surface area contributed by atoms with Crippen LogP contribution in [0.2, 0.25) is 0 Å². The molecule has 0 spiro atoms. The zero-order chi connectivity index (χ0) is 21.2. The monoisotopic (exact) mass is 393 g/mol. The minimum Gasteiger partial charge on any atom is -0.365 e. The third-order valence-electron chi connectivity index (χ3n) is 6.35. The van der Waals surface area contributed by atoms with Gasteiger partial charge in [0.05, 0.1) is 0 Å². The second-order valence-corrected chi connectivity index (χ2v) is 9.17. The van der Waals surface area contributed by atoms with Crippen LogP contribution in [0.4, 0.5) is 0 Å². The van der Waals surface area contributed by atoms with Crippen LogP contribution >= 0.6 is 0 Å². The van der Waals surface area contributed by atoms with Crippen molar-refractivity contribution in [2.75, 3.05) is 13.1 Å². The van der Waals surface area contributed by atoms with E-state index in [1.165, 1.54) is 11.1 Å². The van der Waals surface area contributed by atoms with Gasteiger partial charge in [0, 0.05) is 29.8 Å². The SMILES string of the molecule is C=N/C(NC1(C)CC1)=C(\C)C(C(=O)N1CCC(c2ccc(C)cc2)CC1)=C(C)C. The van der Waals surface area contributed by atoms with Crippen LogP contribution in [0.15, 0.2) is 51.8 Å². The third-order valence-corrected chi connectivity index (χ3v) is 6.35. The van der Waals surface area contributed by atoms with E-state index in [4.69, 9.17) is 0 Å². The number of piperidine rings is 1. The molecule has 1 N–H and O–H groups in total. The molecule has 0 aromatic heterocycles. The molecular formula is C25H35N3O. The van der Waals surface area contributed by atoms with Crippen LogP contribution in [0.1, 0.15) is 70.4 Å². The minimum absolute atomic E-state index is 0.0972. The van der Waals surface area contributed by atoms with Crippen molar-refractivity contribution >= 4 is 12.6 Å². The van der Waals surface area contributed by atoms with E-state index in [-0.39, 0.29) is 11.4 Å². The van der Waals surface area contributed by atoms with Crippen LogP contribution in [0, 0.1) is 6.92 Å². The molecule has 3 rings (SSSR count). The highest BCUT2D eigenvalue weighted by Crippen LogP contribution is 2.36. The van der Waals surface area contributed by atoms with Crippen LogP contribution in [0.25, 0.3) is 0 Å². The fourth-order valence-corrected chi connectivity index (χ4v) is 4.13. The second kappa shape index (κ2) is 8.56. The molecule has 1 amide bonds. The van der Waals surface area contributed by atoms with E-state index in [2.05, 4.69) is 55.1 Å². The van der Waals surface area contributed by atoms with Gasteiger partial charge in [0.2, 0.25) is 0 Å². The van der Waals surface area contributed by atoms with Gasteiger partial charge in [0.15, 0.2) is 0 Å². The molecule has 1 heterocycles. The van der Waals surface area contributed by atoms with Crippen LogP contribution < -0.4 is 5.32 Å². The molecule has 1 saturated carbocycles. The second-order valence-electron chi connectivity index (χ2n) is 9.17. The summed E-state index contributed by atoms with van der Waals surface area (Å²) in [6, 6.07) is 8.83. The Labute approximate surface area is 175 Å². The smallest absolute Gasteiger partial charge is 0.254 e. The number of allylic oxidation sites excluding steroid dienone is 1. The van der Waals surface area contributed by atoms with Gasteiger partial charge in [-0.3, -0.25) is 4.79 Å². The molecule has 0 bridgehead atoms. The summed E-state index contributed by atoms with van der Waals surface area (Å²) in [6.07, 6.45) is 4.28. The first-order chi connectivity index (χ1) is 13.7. The average molecular weight is 394 g/mol. The van der Waals surface area contributed by atoms with E-state index in [1.807, 2.05) is 25.7 Å². The van der Waals surface area contributed by atoms with Crippen molar-refractivity contribution in [2.45, 2.75) is 71.8 Å². The summed E-state index contributed by atoms with van der Waals surface area (Å²) in [6.45, 7) is 15.6. The van der Waals surface area contributed by atoms with Crippen LogP contribution in [-0.4, -0.2) is 36.2 Å². The highest BCUT2D eigenvalue weighted by atomic mass is 16.2. The Morgan fingerprint density at radius 2 is 1.72 bits per heavy atom. The molecule has 1 saturated heterocycles.